The van der Waals surface area contributed by atoms with Gasteiger partial charge in [0, 0.05) is 0 Å². The molecule has 0 N–H and O–H groups in total. The molecule has 2 aromatic rings. The smallest absolute Gasteiger partial charge is 0.00474 e. The minimum atomic E-state index is 0.777. The highest BCUT2D eigenvalue weighted by molar-refractivity contribution is 7.55. The van der Waals surface area contributed by atoms with Gasteiger partial charge in [-0.05, 0) is 30.2 Å². The zero-order valence-electron chi connectivity index (χ0n) is 12.8. The van der Waals surface area contributed by atoms with Gasteiger partial charge in [0.25, 0.3) is 0 Å². The molecule has 2 aromatic carbocycles. The molecule has 0 aliphatic heterocycles. The van der Waals surface area contributed by atoms with Gasteiger partial charge in [0.15, 0.2) is 0 Å². The molecule has 0 aliphatic carbocycles. The number of nitrogens with zero attached hydrogens (tertiary/aromatic N) is 1. The fourth-order valence-corrected chi connectivity index (χ4v) is 2.93. The van der Waals surface area contributed by atoms with Gasteiger partial charge in [0.2, 0.25) is 0 Å². The minimum absolute atomic E-state index is 0.777. The summed E-state index contributed by atoms with van der Waals surface area (Å²) in [7, 11) is 0.777. The molecule has 0 fully saturated rings. The highest BCUT2D eigenvalue weighted by Crippen LogP contribution is 2.08. The molecule has 0 spiro atoms. The topological polar surface area (TPSA) is 3.24 Å². The minimum Gasteiger partial charge on any atom is -0.304 e. The standard InChI is InChI=1S/C12H11P.C6H15N/c1-3-7-11(8-4-1)13-12-9-5-2-6-10-12;1-4-7(5-2)6-3/h1-10,13H;4-6H2,1-3H3. The summed E-state index contributed by atoms with van der Waals surface area (Å²) in [4.78, 5) is 2.38. The second-order valence-electron chi connectivity index (χ2n) is 4.48. The molecule has 0 aliphatic rings. The first-order valence-corrected chi connectivity index (χ1v) is 8.39. The van der Waals surface area contributed by atoms with Gasteiger partial charge in [0.1, 0.15) is 0 Å². The van der Waals surface area contributed by atoms with E-state index >= 15 is 0 Å². The first kappa shape index (κ1) is 16.9. The molecular formula is C18H26NP. The summed E-state index contributed by atoms with van der Waals surface area (Å²) in [5.41, 5.74) is 0. The van der Waals surface area contributed by atoms with Crippen molar-refractivity contribution in [2.75, 3.05) is 19.6 Å². The van der Waals surface area contributed by atoms with Crippen molar-refractivity contribution in [2.24, 2.45) is 0 Å². The van der Waals surface area contributed by atoms with E-state index < -0.39 is 0 Å². The van der Waals surface area contributed by atoms with E-state index in [1.54, 1.807) is 0 Å². The first-order chi connectivity index (χ1) is 9.80. The van der Waals surface area contributed by atoms with Gasteiger partial charge in [-0.3, -0.25) is 0 Å². The zero-order valence-corrected chi connectivity index (χ0v) is 13.8. The summed E-state index contributed by atoms with van der Waals surface area (Å²) in [5, 5.41) is 2.79. The van der Waals surface area contributed by atoms with Crippen molar-refractivity contribution in [1.29, 1.82) is 0 Å². The summed E-state index contributed by atoms with van der Waals surface area (Å²) in [6.45, 7) is 10.1. The Kier molecular flexibility index (Phi) is 8.95. The van der Waals surface area contributed by atoms with E-state index in [9.17, 15) is 0 Å². The molecule has 108 valence electrons. The number of rotatable bonds is 5. The van der Waals surface area contributed by atoms with E-state index in [1.165, 1.54) is 30.2 Å². The van der Waals surface area contributed by atoms with Crippen LogP contribution in [-0.4, -0.2) is 24.5 Å². The summed E-state index contributed by atoms with van der Waals surface area (Å²) in [5.74, 6) is 0. The predicted molar refractivity (Wildman–Crippen MR) is 93.9 cm³/mol. The second kappa shape index (κ2) is 10.6. The molecule has 2 rings (SSSR count). The lowest BCUT2D eigenvalue weighted by Gasteiger charge is -2.13. The van der Waals surface area contributed by atoms with Crippen molar-refractivity contribution in [3.8, 4) is 0 Å². The van der Waals surface area contributed by atoms with E-state index in [1.807, 2.05) is 0 Å². The molecule has 20 heavy (non-hydrogen) atoms. The van der Waals surface area contributed by atoms with Gasteiger partial charge in [-0.15, -0.1) is 0 Å². The highest BCUT2D eigenvalue weighted by Gasteiger charge is 1.92. The quantitative estimate of drug-likeness (QED) is 0.759. The van der Waals surface area contributed by atoms with Crippen LogP contribution in [0.3, 0.4) is 0 Å². The third kappa shape index (κ3) is 6.84. The van der Waals surface area contributed by atoms with E-state index in [0.29, 0.717) is 0 Å². The third-order valence-electron chi connectivity index (χ3n) is 3.18. The van der Waals surface area contributed by atoms with Crippen LogP contribution in [0.15, 0.2) is 60.7 Å². The molecule has 0 aromatic heterocycles. The Morgan fingerprint density at radius 1 is 0.650 bits per heavy atom. The molecule has 1 nitrogen and oxygen atoms in total. The Bertz CT molecular complexity index is 394. The Labute approximate surface area is 125 Å². The van der Waals surface area contributed by atoms with Crippen LogP contribution < -0.4 is 10.6 Å². The number of hydrogen-bond donors (Lipinski definition) is 0. The Hall–Kier alpha value is -1.17. The van der Waals surface area contributed by atoms with Gasteiger partial charge < -0.3 is 4.90 Å². The van der Waals surface area contributed by atoms with Crippen molar-refractivity contribution in [2.45, 2.75) is 20.8 Å². The fraction of sp³-hybridized carbons (Fsp3) is 0.333. The van der Waals surface area contributed by atoms with Crippen molar-refractivity contribution in [3.63, 3.8) is 0 Å². The van der Waals surface area contributed by atoms with Crippen molar-refractivity contribution < 1.29 is 0 Å². The number of hydrogen-bond acceptors (Lipinski definition) is 1. The lowest BCUT2D eigenvalue weighted by molar-refractivity contribution is 0.321. The van der Waals surface area contributed by atoms with E-state index in [4.69, 9.17) is 0 Å². The first-order valence-electron chi connectivity index (χ1n) is 7.39. The van der Waals surface area contributed by atoms with Crippen molar-refractivity contribution in [3.05, 3.63) is 60.7 Å². The maximum atomic E-state index is 2.38. The highest BCUT2D eigenvalue weighted by atomic mass is 31.1. The maximum Gasteiger partial charge on any atom is -0.00474 e. The molecule has 0 saturated carbocycles. The normalized spacial score (nSPS) is 10.0. The SMILES string of the molecule is CCN(CC)CC.c1ccc(Pc2ccccc2)cc1. The average molecular weight is 287 g/mol. The summed E-state index contributed by atoms with van der Waals surface area (Å²) in [6.07, 6.45) is 0. The lowest BCUT2D eigenvalue weighted by Crippen LogP contribution is -2.21. The van der Waals surface area contributed by atoms with Crippen molar-refractivity contribution >= 4 is 19.2 Å². The van der Waals surface area contributed by atoms with E-state index in [-0.39, 0.29) is 0 Å². The van der Waals surface area contributed by atoms with Crippen molar-refractivity contribution in [1.82, 2.24) is 4.90 Å². The summed E-state index contributed by atoms with van der Waals surface area (Å²) < 4.78 is 0. The Morgan fingerprint density at radius 3 is 1.25 bits per heavy atom. The number of benzene rings is 2. The van der Waals surface area contributed by atoms with Crippen LogP contribution >= 0.6 is 8.58 Å². The molecule has 0 heterocycles. The monoisotopic (exact) mass is 287 g/mol. The average Bonchev–Trinajstić information content (AvgIpc) is 2.52. The van der Waals surface area contributed by atoms with Crippen LogP contribution in [-0.2, 0) is 0 Å². The molecule has 0 radical (unpaired) electrons. The van der Waals surface area contributed by atoms with Gasteiger partial charge in [-0.1, -0.05) is 90.0 Å². The maximum absolute atomic E-state index is 2.38. The fourth-order valence-electron chi connectivity index (χ4n) is 1.88. The zero-order chi connectivity index (χ0) is 14.6. The second-order valence-corrected chi connectivity index (χ2v) is 5.88. The van der Waals surface area contributed by atoms with E-state index in [0.717, 1.165) is 8.58 Å². The lowest BCUT2D eigenvalue weighted by atomic mass is 10.4. The molecule has 0 saturated heterocycles. The van der Waals surface area contributed by atoms with Crippen LogP contribution in [0.25, 0.3) is 0 Å². The summed E-state index contributed by atoms with van der Waals surface area (Å²) >= 11 is 0. The predicted octanol–water partition coefficient (Wildman–Crippen LogP) is 3.66. The molecule has 0 atom stereocenters. The van der Waals surface area contributed by atoms with Crippen LogP contribution in [0.5, 0.6) is 0 Å². The van der Waals surface area contributed by atoms with Crippen LogP contribution in [0.2, 0.25) is 0 Å². The largest absolute Gasteiger partial charge is 0.304 e. The third-order valence-corrected chi connectivity index (χ3v) is 4.42. The Morgan fingerprint density at radius 2 is 1.00 bits per heavy atom. The van der Waals surface area contributed by atoms with Crippen LogP contribution in [0.1, 0.15) is 20.8 Å². The Balaban J connectivity index is 0.000000246. The summed E-state index contributed by atoms with van der Waals surface area (Å²) in [6, 6.07) is 21.2. The molecule has 0 bridgehead atoms. The molecular weight excluding hydrogens is 261 g/mol. The molecule has 2 heteroatoms. The van der Waals surface area contributed by atoms with Crippen LogP contribution in [0.4, 0.5) is 0 Å². The molecule has 0 amide bonds. The van der Waals surface area contributed by atoms with E-state index in [2.05, 4.69) is 86.3 Å². The van der Waals surface area contributed by atoms with Gasteiger partial charge >= 0.3 is 0 Å². The van der Waals surface area contributed by atoms with Gasteiger partial charge in [0.05, 0.1) is 0 Å². The van der Waals surface area contributed by atoms with Gasteiger partial charge in [-0.2, -0.15) is 0 Å². The molecule has 0 unspecified atom stereocenters. The van der Waals surface area contributed by atoms with Gasteiger partial charge in [-0.25, -0.2) is 0 Å². The van der Waals surface area contributed by atoms with Crippen LogP contribution in [0, 0.1) is 0 Å².